The molecule has 1 fully saturated rings. The van der Waals surface area contributed by atoms with Crippen molar-refractivity contribution in [3.8, 4) is 11.4 Å². The van der Waals surface area contributed by atoms with Crippen LogP contribution in [0.3, 0.4) is 0 Å². The third kappa shape index (κ3) is 3.54. The minimum absolute atomic E-state index is 0. The van der Waals surface area contributed by atoms with Crippen molar-refractivity contribution in [2.45, 2.75) is 6.04 Å². The average molecular weight is 389 g/mol. The lowest BCUT2D eigenvalue weighted by Gasteiger charge is -2.35. The smallest absolute Gasteiger partial charge is 0.278 e. The van der Waals surface area contributed by atoms with Gasteiger partial charge in [0.15, 0.2) is 11.4 Å². The first-order chi connectivity index (χ1) is 12.6. The molecule has 1 saturated heterocycles. The number of nitrogens with zero attached hydrogens (tertiary/aromatic N) is 5. The molecule has 0 bridgehead atoms. The van der Waals surface area contributed by atoms with Crippen molar-refractivity contribution in [1.29, 1.82) is 0 Å². The van der Waals surface area contributed by atoms with E-state index in [0.29, 0.717) is 19.6 Å². The first-order valence-corrected chi connectivity index (χ1v) is 8.48. The molecular formula is C18H21ClN6O2. The third-order valence-corrected chi connectivity index (χ3v) is 4.58. The minimum atomic E-state index is -0.299. The summed E-state index contributed by atoms with van der Waals surface area (Å²) >= 11 is 0. The molecule has 1 aliphatic rings. The van der Waals surface area contributed by atoms with E-state index in [4.69, 9.17) is 0 Å². The molecule has 1 atom stereocenters. The molecule has 1 amide bonds. The second kappa shape index (κ2) is 7.81. The predicted molar refractivity (Wildman–Crippen MR) is 102 cm³/mol. The highest BCUT2D eigenvalue weighted by Gasteiger charge is 2.33. The van der Waals surface area contributed by atoms with Crippen molar-refractivity contribution >= 4 is 18.3 Å². The second-order valence-corrected chi connectivity index (χ2v) is 6.26. The maximum Gasteiger partial charge on any atom is 0.278 e. The molecule has 0 spiro atoms. The van der Waals surface area contributed by atoms with Crippen LogP contribution in [0.5, 0.6) is 5.75 Å². The lowest BCUT2D eigenvalue weighted by molar-refractivity contribution is 0.0611. The van der Waals surface area contributed by atoms with E-state index < -0.39 is 0 Å². The number of nitrogens with one attached hydrogen (secondary N) is 1. The Kier molecular flexibility index (Phi) is 5.48. The Morgan fingerprint density at radius 2 is 2.07 bits per heavy atom. The monoisotopic (exact) mass is 388 g/mol. The predicted octanol–water partition coefficient (Wildman–Crippen LogP) is 1.52. The van der Waals surface area contributed by atoms with Gasteiger partial charge in [-0.3, -0.25) is 4.79 Å². The molecule has 8 nitrogen and oxygen atoms in total. The number of benzene rings is 1. The molecule has 0 radical (unpaired) electrons. The SMILES string of the molecule is Cl.Cn1ccnc1C1CNCCN1C(=O)c1nn(-c2ccccc2)cc1O. The van der Waals surface area contributed by atoms with E-state index in [1.54, 1.807) is 11.1 Å². The summed E-state index contributed by atoms with van der Waals surface area (Å²) in [6.45, 7) is 1.82. The number of carbonyl (C=O) groups excluding carboxylic acids is 1. The van der Waals surface area contributed by atoms with Crippen LogP contribution in [0.25, 0.3) is 5.69 Å². The average Bonchev–Trinajstić information content (AvgIpc) is 3.27. The lowest BCUT2D eigenvalue weighted by Crippen LogP contribution is -2.49. The van der Waals surface area contributed by atoms with Crippen LogP contribution >= 0.6 is 12.4 Å². The molecule has 4 rings (SSSR count). The molecule has 1 aliphatic heterocycles. The van der Waals surface area contributed by atoms with Gasteiger partial charge in [0.2, 0.25) is 0 Å². The van der Waals surface area contributed by atoms with Gasteiger partial charge in [-0.25, -0.2) is 9.67 Å². The van der Waals surface area contributed by atoms with Crippen LogP contribution < -0.4 is 5.32 Å². The van der Waals surface area contributed by atoms with E-state index in [1.165, 1.54) is 10.9 Å². The van der Waals surface area contributed by atoms with Gasteiger partial charge in [0.05, 0.1) is 11.9 Å². The first-order valence-electron chi connectivity index (χ1n) is 8.48. The summed E-state index contributed by atoms with van der Waals surface area (Å²) in [5.41, 5.74) is 0.831. The summed E-state index contributed by atoms with van der Waals surface area (Å²) in [6, 6.07) is 9.17. The molecule has 2 N–H and O–H groups in total. The number of para-hydroxylation sites is 1. The van der Waals surface area contributed by atoms with Crippen molar-refractivity contribution in [3.05, 3.63) is 60.4 Å². The van der Waals surface area contributed by atoms with Crippen LogP contribution in [0.15, 0.2) is 48.9 Å². The van der Waals surface area contributed by atoms with Gasteiger partial charge in [0, 0.05) is 39.1 Å². The summed E-state index contributed by atoms with van der Waals surface area (Å²) in [5.74, 6) is 0.371. The van der Waals surface area contributed by atoms with Crippen LogP contribution in [0.4, 0.5) is 0 Å². The molecule has 0 aliphatic carbocycles. The van der Waals surface area contributed by atoms with Crippen LogP contribution in [0.1, 0.15) is 22.4 Å². The number of amides is 1. The standard InChI is InChI=1S/C18H20N6O2.ClH/c1-22-9-8-20-17(22)14-11-19-7-10-23(14)18(26)16-15(25)12-24(21-16)13-5-3-2-4-6-13;/h2-6,8-9,12,14,19,25H,7,10-11H2,1H3;1H. The summed E-state index contributed by atoms with van der Waals surface area (Å²) in [5, 5.41) is 17.9. The van der Waals surface area contributed by atoms with Gasteiger partial charge in [-0.1, -0.05) is 18.2 Å². The van der Waals surface area contributed by atoms with Gasteiger partial charge in [-0.2, -0.15) is 5.10 Å². The quantitative estimate of drug-likeness (QED) is 0.710. The molecule has 1 aromatic carbocycles. The molecule has 27 heavy (non-hydrogen) atoms. The summed E-state index contributed by atoms with van der Waals surface area (Å²) in [7, 11) is 1.90. The number of aromatic hydroxyl groups is 1. The number of hydrogen-bond donors (Lipinski definition) is 2. The Bertz CT molecular complexity index is 923. The number of rotatable bonds is 3. The van der Waals surface area contributed by atoms with E-state index in [1.807, 2.05) is 48.1 Å². The van der Waals surface area contributed by atoms with Crippen molar-refractivity contribution in [2.75, 3.05) is 19.6 Å². The summed E-state index contributed by atoms with van der Waals surface area (Å²) in [6.07, 6.45) is 5.03. The Hall–Kier alpha value is -2.84. The van der Waals surface area contributed by atoms with Gasteiger partial charge in [-0.15, -0.1) is 12.4 Å². The first kappa shape index (κ1) is 18.9. The second-order valence-electron chi connectivity index (χ2n) is 6.26. The molecule has 2 aromatic heterocycles. The maximum absolute atomic E-state index is 13.1. The number of halogens is 1. The van der Waals surface area contributed by atoms with Crippen molar-refractivity contribution in [3.63, 3.8) is 0 Å². The van der Waals surface area contributed by atoms with Crippen LogP contribution in [-0.4, -0.2) is 54.9 Å². The maximum atomic E-state index is 13.1. The lowest BCUT2D eigenvalue weighted by atomic mass is 10.1. The molecule has 1 unspecified atom stereocenters. The zero-order valence-electron chi connectivity index (χ0n) is 14.8. The number of hydrogen-bond acceptors (Lipinski definition) is 5. The zero-order chi connectivity index (χ0) is 18.1. The molecule has 3 heterocycles. The van der Waals surface area contributed by atoms with Gasteiger partial charge in [0.1, 0.15) is 11.9 Å². The Morgan fingerprint density at radius 1 is 1.30 bits per heavy atom. The highest BCUT2D eigenvalue weighted by molar-refractivity contribution is 5.95. The highest BCUT2D eigenvalue weighted by atomic mass is 35.5. The van der Waals surface area contributed by atoms with Gasteiger partial charge >= 0.3 is 0 Å². The Morgan fingerprint density at radius 3 is 2.78 bits per heavy atom. The minimum Gasteiger partial charge on any atom is -0.504 e. The van der Waals surface area contributed by atoms with Crippen molar-refractivity contribution in [1.82, 2.24) is 29.5 Å². The Balaban J connectivity index is 0.00000210. The number of aryl methyl sites for hydroxylation is 1. The zero-order valence-corrected chi connectivity index (χ0v) is 15.6. The molecule has 3 aromatic rings. The fourth-order valence-corrected chi connectivity index (χ4v) is 3.24. The fraction of sp³-hybridized carbons (Fsp3) is 0.278. The van der Waals surface area contributed by atoms with Gasteiger partial charge in [0.25, 0.3) is 5.91 Å². The van der Waals surface area contributed by atoms with Crippen molar-refractivity contribution in [2.24, 2.45) is 7.05 Å². The summed E-state index contributed by atoms with van der Waals surface area (Å²) < 4.78 is 3.42. The number of carbonyl (C=O) groups is 1. The van der Waals surface area contributed by atoms with Gasteiger partial charge in [-0.05, 0) is 12.1 Å². The molecule has 0 saturated carbocycles. The fourth-order valence-electron chi connectivity index (χ4n) is 3.24. The van der Waals surface area contributed by atoms with Crippen LogP contribution in [-0.2, 0) is 7.05 Å². The van der Waals surface area contributed by atoms with E-state index in [2.05, 4.69) is 15.4 Å². The number of piperazine rings is 1. The molecular weight excluding hydrogens is 368 g/mol. The van der Waals surface area contributed by atoms with Crippen molar-refractivity contribution < 1.29 is 9.90 Å². The van der Waals surface area contributed by atoms with Crippen LogP contribution in [0.2, 0.25) is 0 Å². The normalized spacial score (nSPS) is 16.8. The highest BCUT2D eigenvalue weighted by Crippen LogP contribution is 2.26. The van der Waals surface area contributed by atoms with Crippen LogP contribution in [0, 0.1) is 0 Å². The van der Waals surface area contributed by atoms with E-state index in [-0.39, 0.29) is 35.8 Å². The summed E-state index contributed by atoms with van der Waals surface area (Å²) in [4.78, 5) is 19.2. The largest absolute Gasteiger partial charge is 0.504 e. The molecule has 142 valence electrons. The van der Waals surface area contributed by atoms with Gasteiger partial charge < -0.3 is 19.9 Å². The number of aromatic nitrogens is 4. The molecule has 9 heteroatoms. The number of imidazole rings is 1. The topological polar surface area (TPSA) is 88.2 Å². The third-order valence-electron chi connectivity index (χ3n) is 4.58. The Labute approximate surface area is 162 Å². The van der Waals surface area contributed by atoms with E-state index >= 15 is 0 Å². The van der Waals surface area contributed by atoms with E-state index in [0.717, 1.165) is 11.5 Å². The van der Waals surface area contributed by atoms with E-state index in [9.17, 15) is 9.90 Å².